The Kier molecular flexibility index (Phi) is 3.33. The molecule has 0 amide bonds. The molecule has 0 aliphatic carbocycles. The van der Waals surface area contributed by atoms with Crippen molar-refractivity contribution in [2.75, 3.05) is 0 Å². The van der Waals surface area contributed by atoms with Crippen molar-refractivity contribution in [2.45, 2.75) is 11.5 Å². The van der Waals surface area contributed by atoms with E-state index in [9.17, 15) is 0 Å². The fourth-order valence-corrected chi connectivity index (χ4v) is 2.74. The molecule has 19 heavy (non-hydrogen) atoms. The minimum atomic E-state index is -0.890. The van der Waals surface area contributed by atoms with Gasteiger partial charge in [-0.2, -0.15) is 0 Å². The summed E-state index contributed by atoms with van der Waals surface area (Å²) in [6, 6.07) is 15.4. The van der Waals surface area contributed by atoms with Gasteiger partial charge in [-0.05, 0) is 24.3 Å². The van der Waals surface area contributed by atoms with Crippen LogP contribution in [0, 0.1) is 0 Å². The lowest BCUT2D eigenvalue weighted by atomic mass is 10.0. The first-order valence-corrected chi connectivity index (χ1v) is 7.10. The van der Waals surface area contributed by atoms with Gasteiger partial charge in [0.1, 0.15) is 5.75 Å². The Labute approximate surface area is 125 Å². The van der Waals surface area contributed by atoms with Gasteiger partial charge in [-0.25, -0.2) is 0 Å². The number of nitrogens with zero attached hydrogens (tertiary/aromatic N) is 1. The average Bonchev–Trinajstić information content (AvgIpc) is 2.39. The standard InChI is InChI=1S/C15H11BrClNO/c16-11-6-7-13-14(10-11)18-9-8-15(13,17)19-12-4-2-1-3-5-12/h1-7,9-10H,8H2. The Morgan fingerprint density at radius 3 is 2.74 bits per heavy atom. The third-order valence-corrected chi connectivity index (χ3v) is 3.90. The smallest absolute Gasteiger partial charge is 0.215 e. The maximum atomic E-state index is 6.66. The molecular weight excluding hydrogens is 326 g/mol. The number of para-hydroxylation sites is 1. The van der Waals surface area contributed by atoms with Gasteiger partial charge in [0.25, 0.3) is 0 Å². The van der Waals surface area contributed by atoms with Crippen molar-refractivity contribution < 1.29 is 4.74 Å². The van der Waals surface area contributed by atoms with Crippen molar-refractivity contribution in [2.24, 2.45) is 4.99 Å². The van der Waals surface area contributed by atoms with Gasteiger partial charge in [-0.1, -0.05) is 51.8 Å². The van der Waals surface area contributed by atoms with Gasteiger partial charge in [0, 0.05) is 22.7 Å². The Bertz CT molecular complexity index is 629. The molecule has 96 valence electrons. The molecule has 1 aliphatic rings. The number of fused-ring (bicyclic) bond motifs is 1. The molecule has 0 fully saturated rings. The van der Waals surface area contributed by atoms with Crippen molar-refractivity contribution in [1.82, 2.24) is 0 Å². The van der Waals surface area contributed by atoms with E-state index >= 15 is 0 Å². The second-order valence-corrected chi connectivity index (χ2v) is 5.85. The molecule has 4 heteroatoms. The van der Waals surface area contributed by atoms with E-state index in [1.54, 1.807) is 6.21 Å². The highest BCUT2D eigenvalue weighted by molar-refractivity contribution is 9.10. The number of rotatable bonds is 2. The number of alkyl halides is 1. The van der Waals surface area contributed by atoms with Crippen LogP contribution < -0.4 is 4.74 Å². The van der Waals surface area contributed by atoms with Gasteiger partial charge in [0.15, 0.2) is 0 Å². The highest BCUT2D eigenvalue weighted by Gasteiger charge is 2.35. The Morgan fingerprint density at radius 1 is 1.16 bits per heavy atom. The molecule has 1 atom stereocenters. The fourth-order valence-electron chi connectivity index (χ4n) is 2.07. The van der Waals surface area contributed by atoms with E-state index in [0.717, 1.165) is 21.5 Å². The third kappa shape index (κ3) is 2.53. The van der Waals surface area contributed by atoms with E-state index in [2.05, 4.69) is 20.9 Å². The summed E-state index contributed by atoms with van der Waals surface area (Å²) in [7, 11) is 0. The van der Waals surface area contributed by atoms with Crippen molar-refractivity contribution in [3.8, 4) is 5.75 Å². The summed E-state index contributed by atoms with van der Waals surface area (Å²) in [5.41, 5.74) is 1.73. The second kappa shape index (κ2) is 4.99. The maximum Gasteiger partial charge on any atom is 0.215 e. The summed E-state index contributed by atoms with van der Waals surface area (Å²) in [5.74, 6) is 0.752. The topological polar surface area (TPSA) is 21.6 Å². The number of halogens is 2. The van der Waals surface area contributed by atoms with E-state index in [1.807, 2.05) is 48.5 Å². The fraction of sp³-hybridized carbons (Fsp3) is 0.133. The number of ether oxygens (including phenoxy) is 1. The van der Waals surface area contributed by atoms with Gasteiger partial charge >= 0.3 is 0 Å². The van der Waals surface area contributed by atoms with Crippen molar-refractivity contribution in [3.05, 3.63) is 58.6 Å². The number of hydrogen-bond donors (Lipinski definition) is 0. The molecule has 1 heterocycles. The van der Waals surface area contributed by atoms with Crippen LogP contribution in [0.1, 0.15) is 12.0 Å². The number of hydrogen-bond acceptors (Lipinski definition) is 2. The highest BCUT2D eigenvalue weighted by atomic mass is 79.9. The zero-order valence-electron chi connectivity index (χ0n) is 10.0. The summed E-state index contributed by atoms with van der Waals surface area (Å²) in [4.78, 5) is 4.37. The maximum absolute atomic E-state index is 6.66. The van der Waals surface area contributed by atoms with Crippen molar-refractivity contribution in [1.29, 1.82) is 0 Å². The van der Waals surface area contributed by atoms with E-state index in [0.29, 0.717) is 6.42 Å². The first kappa shape index (κ1) is 12.7. The molecule has 2 aromatic rings. The molecule has 0 spiro atoms. The molecule has 0 radical (unpaired) electrons. The minimum absolute atomic E-state index is 0.540. The average molecular weight is 337 g/mol. The molecule has 3 rings (SSSR count). The van der Waals surface area contributed by atoms with Gasteiger partial charge in [-0.3, -0.25) is 4.99 Å². The molecule has 0 aromatic heterocycles. The van der Waals surface area contributed by atoms with E-state index in [4.69, 9.17) is 16.3 Å². The first-order valence-electron chi connectivity index (χ1n) is 5.93. The number of aliphatic imine (C=N–C) groups is 1. The van der Waals surface area contributed by atoms with Crippen molar-refractivity contribution in [3.63, 3.8) is 0 Å². The van der Waals surface area contributed by atoms with E-state index in [1.165, 1.54) is 0 Å². The zero-order chi connectivity index (χ0) is 13.3. The summed E-state index contributed by atoms with van der Waals surface area (Å²) in [5, 5.41) is -0.890. The third-order valence-electron chi connectivity index (χ3n) is 2.97. The molecule has 2 aromatic carbocycles. The van der Waals surface area contributed by atoms with Crippen molar-refractivity contribution >= 4 is 39.4 Å². The monoisotopic (exact) mass is 335 g/mol. The highest BCUT2D eigenvalue weighted by Crippen LogP contribution is 2.43. The predicted molar refractivity (Wildman–Crippen MR) is 81.5 cm³/mol. The van der Waals surface area contributed by atoms with Gasteiger partial charge in [0.05, 0.1) is 5.69 Å². The lowest BCUT2D eigenvalue weighted by Crippen LogP contribution is -2.29. The lowest BCUT2D eigenvalue weighted by Gasteiger charge is -2.30. The van der Waals surface area contributed by atoms with Crippen LogP contribution in [0.5, 0.6) is 5.75 Å². The summed E-state index contributed by atoms with van der Waals surface area (Å²) in [6.07, 6.45) is 2.34. The molecule has 2 nitrogen and oxygen atoms in total. The first-order chi connectivity index (χ1) is 9.17. The Hall–Kier alpha value is -1.32. The number of benzene rings is 2. The van der Waals surface area contributed by atoms with Crippen LogP contribution in [0.4, 0.5) is 5.69 Å². The second-order valence-electron chi connectivity index (χ2n) is 4.32. The van der Waals surface area contributed by atoms with Crippen LogP contribution in [0.3, 0.4) is 0 Å². The van der Waals surface area contributed by atoms with Crippen LogP contribution >= 0.6 is 27.5 Å². The Balaban J connectivity index is 2.00. The van der Waals surface area contributed by atoms with Crippen LogP contribution in [0.25, 0.3) is 0 Å². The molecule has 0 saturated carbocycles. The van der Waals surface area contributed by atoms with Crippen LogP contribution in [0.2, 0.25) is 0 Å². The van der Waals surface area contributed by atoms with E-state index in [-0.39, 0.29) is 0 Å². The van der Waals surface area contributed by atoms with Crippen LogP contribution in [0.15, 0.2) is 58.0 Å². The molecular formula is C15H11BrClNO. The molecule has 1 aliphatic heterocycles. The summed E-state index contributed by atoms with van der Waals surface area (Å²) in [6.45, 7) is 0. The normalized spacial score (nSPS) is 20.9. The largest absolute Gasteiger partial charge is 0.467 e. The quantitative estimate of drug-likeness (QED) is 0.705. The SMILES string of the molecule is ClC1(Oc2ccccc2)CC=Nc2cc(Br)ccc21. The zero-order valence-corrected chi connectivity index (χ0v) is 12.4. The van der Waals surface area contributed by atoms with Crippen LogP contribution in [-0.2, 0) is 5.06 Å². The molecule has 0 saturated heterocycles. The van der Waals surface area contributed by atoms with Gasteiger partial charge < -0.3 is 4.74 Å². The predicted octanol–water partition coefficient (Wildman–Crippen LogP) is 5.03. The van der Waals surface area contributed by atoms with E-state index < -0.39 is 5.06 Å². The van der Waals surface area contributed by atoms with Gasteiger partial charge in [-0.15, -0.1) is 0 Å². The Morgan fingerprint density at radius 2 is 1.95 bits per heavy atom. The molecule has 0 bridgehead atoms. The lowest BCUT2D eigenvalue weighted by molar-refractivity contribution is 0.166. The summed E-state index contributed by atoms with van der Waals surface area (Å²) < 4.78 is 6.94. The van der Waals surface area contributed by atoms with Gasteiger partial charge in [0.2, 0.25) is 5.06 Å². The summed E-state index contributed by atoms with van der Waals surface area (Å²) >= 11 is 10.1. The minimum Gasteiger partial charge on any atom is -0.467 e. The van der Waals surface area contributed by atoms with Crippen LogP contribution in [-0.4, -0.2) is 6.21 Å². The molecule has 0 N–H and O–H groups in total. The molecule has 1 unspecified atom stereocenters.